The maximum Gasteiger partial charge on any atom is 0.417 e. The zero-order valence-corrected chi connectivity index (χ0v) is 22.5. The Balaban J connectivity index is 2.45. The monoisotopic (exact) mass is 647 g/mol. The largest absolute Gasteiger partial charge is 0.417 e. The number of amides is 1. The minimum Gasteiger partial charge on any atom is -0.349 e. The highest BCUT2D eigenvalue weighted by molar-refractivity contribution is 7.85. The van der Waals surface area contributed by atoms with Crippen molar-refractivity contribution in [1.82, 2.24) is 5.32 Å². The van der Waals surface area contributed by atoms with E-state index in [9.17, 15) is 48.5 Å². The topological polar surface area (TPSA) is 46.2 Å². The van der Waals surface area contributed by atoms with E-state index in [1.54, 1.807) is 0 Å². The fraction of sp³-hybridized carbons (Fsp3) is 0.348. The van der Waals surface area contributed by atoms with Gasteiger partial charge < -0.3 is 5.32 Å². The summed E-state index contributed by atoms with van der Waals surface area (Å²) in [6.45, 7) is 1.22. The van der Waals surface area contributed by atoms with Gasteiger partial charge in [-0.25, -0.2) is 13.2 Å². The molecular formula is C23H17Cl3F9NO2S. The molecule has 0 aliphatic carbocycles. The zero-order valence-electron chi connectivity index (χ0n) is 19.4. The first-order valence-corrected chi connectivity index (χ1v) is 13.2. The van der Waals surface area contributed by atoms with Gasteiger partial charge in [0.15, 0.2) is 0 Å². The second-order valence-corrected chi connectivity index (χ2v) is 10.9. The predicted octanol–water partition coefficient (Wildman–Crippen LogP) is 8.45. The van der Waals surface area contributed by atoms with Crippen LogP contribution in [0.15, 0.2) is 36.4 Å². The molecule has 1 amide bonds. The molecule has 2 rings (SSSR count). The van der Waals surface area contributed by atoms with Gasteiger partial charge in [-0.15, -0.1) is 0 Å². The molecular weight excluding hydrogens is 632 g/mol. The van der Waals surface area contributed by atoms with Crippen LogP contribution in [0.3, 0.4) is 0 Å². The summed E-state index contributed by atoms with van der Waals surface area (Å²) in [6.07, 6.45) is -13.2. The Morgan fingerprint density at radius 3 is 2.05 bits per heavy atom. The van der Waals surface area contributed by atoms with Gasteiger partial charge in [-0.05, 0) is 42.8 Å². The Morgan fingerprint density at radius 1 is 1.00 bits per heavy atom. The number of carbonyl (C=O) groups excluding carboxylic acids is 1. The van der Waals surface area contributed by atoms with Gasteiger partial charge in [0, 0.05) is 28.2 Å². The van der Waals surface area contributed by atoms with Crippen LogP contribution in [0.1, 0.15) is 39.9 Å². The standard InChI is InChI=1S/C23H17Cl3F9NO2S/c1-10(8-39(38)9-19(28)29)36-21(37)13-3-2-11(4-15(13)23(33,34)35)18(27)7-14(22(30,31)32)12-5-16(24)20(26)17(25)6-12/h2-7,10,14,19H,8-9H2,1H3,(H,36,37)/b18-7-/t10-,14?,39?/m1/s1. The Bertz CT molecular complexity index is 1240. The van der Waals surface area contributed by atoms with Crippen molar-refractivity contribution in [2.75, 3.05) is 11.5 Å². The summed E-state index contributed by atoms with van der Waals surface area (Å²) in [5, 5.41) is 1.08. The van der Waals surface area contributed by atoms with Crippen molar-refractivity contribution in [3.63, 3.8) is 0 Å². The summed E-state index contributed by atoms with van der Waals surface area (Å²) in [7, 11) is -2.08. The van der Waals surface area contributed by atoms with Gasteiger partial charge in [0.1, 0.15) is 11.7 Å². The molecule has 39 heavy (non-hydrogen) atoms. The number of hydrogen-bond donors (Lipinski definition) is 1. The molecule has 3 nitrogen and oxygen atoms in total. The van der Waals surface area contributed by atoms with E-state index in [4.69, 9.17) is 34.8 Å². The summed E-state index contributed by atoms with van der Waals surface area (Å²) in [5.41, 5.74) is -4.26. The van der Waals surface area contributed by atoms with E-state index in [-0.39, 0.29) is 27.2 Å². The van der Waals surface area contributed by atoms with Crippen molar-refractivity contribution in [2.45, 2.75) is 37.7 Å². The summed E-state index contributed by atoms with van der Waals surface area (Å²) in [6, 6.07) is 1.83. The number of rotatable bonds is 9. The highest BCUT2D eigenvalue weighted by atomic mass is 35.5. The normalized spacial score (nSPS) is 15.3. The van der Waals surface area contributed by atoms with E-state index in [0.717, 1.165) is 12.1 Å². The van der Waals surface area contributed by atoms with Crippen LogP contribution in [0.4, 0.5) is 39.5 Å². The summed E-state index contributed by atoms with van der Waals surface area (Å²) >= 11 is 17.2. The second-order valence-electron chi connectivity index (χ2n) is 8.13. The number of benzene rings is 2. The van der Waals surface area contributed by atoms with Gasteiger partial charge in [-0.3, -0.25) is 9.00 Å². The molecule has 0 bridgehead atoms. The van der Waals surface area contributed by atoms with Crippen LogP contribution in [0.2, 0.25) is 15.1 Å². The predicted molar refractivity (Wildman–Crippen MR) is 132 cm³/mol. The third-order valence-electron chi connectivity index (χ3n) is 5.00. The van der Waals surface area contributed by atoms with Crippen LogP contribution in [-0.4, -0.2) is 40.3 Å². The molecule has 0 aliphatic heterocycles. The molecule has 2 unspecified atom stereocenters. The lowest BCUT2D eigenvalue weighted by atomic mass is 9.95. The highest BCUT2D eigenvalue weighted by Gasteiger charge is 2.41. The van der Waals surface area contributed by atoms with Crippen LogP contribution in [-0.2, 0) is 17.0 Å². The fourth-order valence-corrected chi connectivity index (χ4v) is 5.00. The number of allylic oxidation sites excluding steroid dienone is 1. The first-order chi connectivity index (χ1) is 17.8. The van der Waals surface area contributed by atoms with Crippen molar-refractivity contribution < 1.29 is 48.5 Å². The number of hydrogen-bond acceptors (Lipinski definition) is 2. The minimum atomic E-state index is -5.24. The molecule has 3 atom stereocenters. The average Bonchev–Trinajstić information content (AvgIpc) is 2.77. The molecule has 0 radical (unpaired) electrons. The van der Waals surface area contributed by atoms with E-state index in [1.165, 1.54) is 6.92 Å². The van der Waals surface area contributed by atoms with Crippen molar-refractivity contribution in [3.8, 4) is 0 Å². The minimum absolute atomic E-state index is 0.0194. The SMILES string of the molecule is C[C@H](CS(=O)CC(F)F)NC(=O)c1ccc(/C(F)=C/C(c2cc(Cl)c(Cl)c(Cl)c2)C(F)(F)F)cc1C(F)(F)F. The quantitative estimate of drug-likeness (QED) is 0.219. The van der Waals surface area contributed by atoms with Crippen molar-refractivity contribution in [2.24, 2.45) is 0 Å². The molecule has 0 spiro atoms. The number of alkyl halides is 8. The third kappa shape index (κ3) is 9.29. The molecule has 1 N–H and O–H groups in total. The third-order valence-corrected chi connectivity index (χ3v) is 7.69. The Labute approximate surface area is 233 Å². The maximum absolute atomic E-state index is 14.9. The summed E-state index contributed by atoms with van der Waals surface area (Å²) in [5.74, 6) is -7.21. The molecule has 2 aromatic rings. The number of nitrogens with one attached hydrogen (secondary N) is 1. The molecule has 16 heteroatoms. The van der Waals surface area contributed by atoms with E-state index in [2.05, 4.69) is 5.32 Å². The zero-order chi connectivity index (χ0) is 29.9. The van der Waals surface area contributed by atoms with Crippen LogP contribution in [0, 0.1) is 0 Å². The molecule has 0 aliphatic rings. The second kappa shape index (κ2) is 13.1. The number of carbonyl (C=O) groups is 1. The Morgan fingerprint density at radius 2 is 1.56 bits per heavy atom. The van der Waals surface area contributed by atoms with Crippen LogP contribution in [0.5, 0.6) is 0 Å². The van der Waals surface area contributed by atoms with Crippen molar-refractivity contribution in [1.29, 1.82) is 0 Å². The molecule has 0 aromatic heterocycles. The van der Waals surface area contributed by atoms with Crippen LogP contribution < -0.4 is 5.32 Å². The van der Waals surface area contributed by atoms with Crippen molar-refractivity contribution in [3.05, 3.63) is 73.7 Å². The van der Waals surface area contributed by atoms with Gasteiger partial charge in [0.2, 0.25) is 6.43 Å². The smallest absolute Gasteiger partial charge is 0.349 e. The molecule has 216 valence electrons. The maximum atomic E-state index is 14.9. The van der Waals surface area contributed by atoms with E-state index in [0.29, 0.717) is 12.1 Å². The lowest BCUT2D eigenvalue weighted by Crippen LogP contribution is -2.38. The molecule has 0 fully saturated rings. The van der Waals surface area contributed by atoms with E-state index >= 15 is 0 Å². The van der Waals surface area contributed by atoms with Gasteiger partial charge >= 0.3 is 12.4 Å². The van der Waals surface area contributed by atoms with Crippen LogP contribution >= 0.6 is 34.8 Å². The Kier molecular flexibility index (Phi) is 11.2. The first kappa shape index (κ1) is 33.2. The lowest BCUT2D eigenvalue weighted by molar-refractivity contribution is -0.140. The lowest BCUT2D eigenvalue weighted by Gasteiger charge is -2.19. The van der Waals surface area contributed by atoms with Crippen molar-refractivity contribution >= 4 is 57.3 Å². The van der Waals surface area contributed by atoms with Gasteiger partial charge in [0.25, 0.3) is 5.91 Å². The fourth-order valence-electron chi connectivity index (χ4n) is 3.33. The van der Waals surface area contributed by atoms with E-state index < -0.39 is 87.0 Å². The molecule has 2 aromatic carbocycles. The first-order valence-electron chi connectivity index (χ1n) is 10.5. The average molecular weight is 649 g/mol. The molecule has 0 saturated carbocycles. The Hall–Kier alpha value is -1.96. The number of halogens is 12. The van der Waals surface area contributed by atoms with Crippen LogP contribution in [0.25, 0.3) is 5.83 Å². The molecule has 0 heterocycles. The summed E-state index contributed by atoms with van der Waals surface area (Å²) < 4.78 is 134. The van der Waals surface area contributed by atoms with Gasteiger partial charge in [-0.2, -0.15) is 26.3 Å². The molecule has 0 saturated heterocycles. The van der Waals surface area contributed by atoms with E-state index in [1.807, 2.05) is 0 Å². The summed E-state index contributed by atoms with van der Waals surface area (Å²) in [4.78, 5) is 12.4. The van der Waals surface area contributed by atoms with Gasteiger partial charge in [-0.1, -0.05) is 40.9 Å². The van der Waals surface area contributed by atoms with Gasteiger partial charge in [0.05, 0.1) is 31.9 Å². The highest BCUT2D eigenvalue weighted by Crippen LogP contribution is 2.42.